The van der Waals surface area contributed by atoms with Gasteiger partial charge in [0.05, 0.1) is 12.8 Å². The Kier molecular flexibility index (Phi) is 2.63. The molecular weight excluding hydrogens is 161 g/mol. The molecule has 0 saturated heterocycles. The summed E-state index contributed by atoms with van der Waals surface area (Å²) in [5, 5.41) is 2.09. The van der Waals surface area contributed by atoms with E-state index < -0.39 is 5.82 Å². The summed E-state index contributed by atoms with van der Waals surface area (Å²) in [6, 6.07) is 4.13. The molecular formula is C8H7FNO2. The molecule has 0 aliphatic rings. The quantitative estimate of drug-likeness (QED) is 0.691. The standard InChI is InChI=1S/C8H7FNO2/c1-12-6-2-3-8(10-5-11)7(9)4-6/h2-4H,1H3,(H,10,11). The summed E-state index contributed by atoms with van der Waals surface area (Å²) in [7, 11) is 1.44. The van der Waals surface area contributed by atoms with Crippen molar-refractivity contribution in [2.24, 2.45) is 0 Å². The molecule has 1 amide bonds. The number of anilines is 1. The Morgan fingerprint density at radius 2 is 2.33 bits per heavy atom. The summed E-state index contributed by atoms with van der Waals surface area (Å²) in [5.41, 5.74) is 0.0887. The minimum atomic E-state index is -0.544. The number of amides is 1. The summed E-state index contributed by atoms with van der Waals surface area (Å²) in [4.78, 5) is 9.85. The van der Waals surface area contributed by atoms with Crippen molar-refractivity contribution in [3.63, 3.8) is 0 Å². The molecule has 0 spiro atoms. The fourth-order valence-electron chi connectivity index (χ4n) is 0.779. The molecule has 0 heterocycles. The highest BCUT2D eigenvalue weighted by Gasteiger charge is 2.01. The highest BCUT2D eigenvalue weighted by atomic mass is 19.1. The molecule has 63 valence electrons. The first-order valence-electron chi connectivity index (χ1n) is 3.24. The number of benzene rings is 1. The lowest BCUT2D eigenvalue weighted by Gasteiger charge is -2.02. The molecule has 1 aromatic carbocycles. The van der Waals surface area contributed by atoms with Gasteiger partial charge in [0.25, 0.3) is 0 Å². The van der Waals surface area contributed by atoms with Crippen LogP contribution in [-0.2, 0) is 4.79 Å². The first-order chi connectivity index (χ1) is 5.77. The molecule has 1 radical (unpaired) electrons. The number of carbonyl (C=O) groups excluding carboxylic acids is 1. The zero-order valence-electron chi connectivity index (χ0n) is 6.43. The Balaban J connectivity index is 2.94. The Bertz CT molecular complexity index is 288. The van der Waals surface area contributed by atoms with Gasteiger partial charge in [-0.15, -0.1) is 0 Å². The van der Waals surface area contributed by atoms with Gasteiger partial charge >= 0.3 is 6.41 Å². The summed E-state index contributed by atoms with van der Waals surface area (Å²) < 4.78 is 17.7. The van der Waals surface area contributed by atoms with Gasteiger partial charge in [-0.3, -0.25) is 4.79 Å². The van der Waals surface area contributed by atoms with E-state index in [1.54, 1.807) is 6.07 Å². The van der Waals surface area contributed by atoms with Crippen molar-refractivity contribution < 1.29 is 13.9 Å². The van der Waals surface area contributed by atoms with Crippen LogP contribution in [0, 0.1) is 5.82 Å². The Morgan fingerprint density at radius 3 is 2.83 bits per heavy atom. The number of halogens is 1. The van der Waals surface area contributed by atoms with Crippen LogP contribution in [0.3, 0.4) is 0 Å². The van der Waals surface area contributed by atoms with Gasteiger partial charge in [0.2, 0.25) is 0 Å². The van der Waals surface area contributed by atoms with Crippen molar-refractivity contribution in [1.82, 2.24) is 0 Å². The van der Waals surface area contributed by atoms with Crippen LogP contribution in [0.25, 0.3) is 0 Å². The largest absolute Gasteiger partial charge is 0.497 e. The van der Waals surface area contributed by atoms with Crippen LogP contribution in [0.15, 0.2) is 18.2 Å². The maximum Gasteiger partial charge on any atom is 0.314 e. The Labute approximate surface area is 69.2 Å². The van der Waals surface area contributed by atoms with Gasteiger partial charge < -0.3 is 10.1 Å². The first kappa shape index (κ1) is 8.52. The Morgan fingerprint density at radius 1 is 1.58 bits per heavy atom. The molecule has 0 aromatic heterocycles. The number of ether oxygens (including phenoxy) is 1. The van der Waals surface area contributed by atoms with E-state index in [1.807, 2.05) is 0 Å². The van der Waals surface area contributed by atoms with E-state index >= 15 is 0 Å². The minimum Gasteiger partial charge on any atom is -0.497 e. The van der Waals surface area contributed by atoms with Crippen molar-refractivity contribution in [3.8, 4) is 5.75 Å². The van der Waals surface area contributed by atoms with E-state index in [0.717, 1.165) is 0 Å². The third-order valence-corrected chi connectivity index (χ3v) is 1.36. The molecule has 0 aliphatic heterocycles. The fourth-order valence-corrected chi connectivity index (χ4v) is 0.779. The summed E-state index contributed by atoms with van der Waals surface area (Å²) in [5.74, 6) is -0.137. The van der Waals surface area contributed by atoms with Crippen LogP contribution in [0.5, 0.6) is 5.75 Å². The van der Waals surface area contributed by atoms with E-state index in [0.29, 0.717) is 5.75 Å². The summed E-state index contributed by atoms with van der Waals surface area (Å²) >= 11 is 0. The highest BCUT2D eigenvalue weighted by Crippen LogP contribution is 2.19. The van der Waals surface area contributed by atoms with Gasteiger partial charge in [-0.25, -0.2) is 4.39 Å². The molecule has 0 bridgehead atoms. The summed E-state index contributed by atoms with van der Waals surface area (Å²) in [6.07, 6.45) is 1.38. The molecule has 1 rings (SSSR count). The van der Waals surface area contributed by atoms with E-state index in [4.69, 9.17) is 4.74 Å². The van der Waals surface area contributed by atoms with E-state index in [2.05, 4.69) is 5.32 Å². The van der Waals surface area contributed by atoms with Gasteiger partial charge in [0, 0.05) is 6.07 Å². The average molecular weight is 168 g/mol. The fraction of sp³-hybridized carbons (Fsp3) is 0.125. The van der Waals surface area contributed by atoms with Gasteiger partial charge in [-0.1, -0.05) is 0 Å². The number of hydrogen-bond acceptors (Lipinski definition) is 2. The lowest BCUT2D eigenvalue weighted by atomic mass is 10.3. The van der Waals surface area contributed by atoms with Crippen LogP contribution >= 0.6 is 0 Å². The number of rotatable bonds is 3. The molecule has 12 heavy (non-hydrogen) atoms. The SMILES string of the molecule is COc1ccc(N[C]=O)c(F)c1. The zero-order valence-corrected chi connectivity index (χ0v) is 6.43. The zero-order chi connectivity index (χ0) is 8.97. The van der Waals surface area contributed by atoms with Crippen LogP contribution in [-0.4, -0.2) is 13.5 Å². The molecule has 0 unspecified atom stereocenters. The van der Waals surface area contributed by atoms with Crippen LogP contribution in [0.4, 0.5) is 10.1 Å². The number of hydrogen-bond donors (Lipinski definition) is 1. The topological polar surface area (TPSA) is 38.3 Å². The second-order valence-corrected chi connectivity index (χ2v) is 2.07. The predicted molar refractivity (Wildman–Crippen MR) is 42.3 cm³/mol. The van der Waals surface area contributed by atoms with Gasteiger partial charge in [-0.05, 0) is 12.1 Å². The molecule has 0 atom stereocenters. The third kappa shape index (κ3) is 1.72. The molecule has 4 heteroatoms. The molecule has 0 fully saturated rings. The second kappa shape index (κ2) is 3.71. The maximum atomic E-state index is 12.9. The molecule has 1 N–H and O–H groups in total. The second-order valence-electron chi connectivity index (χ2n) is 2.07. The smallest absolute Gasteiger partial charge is 0.314 e. The van der Waals surface area contributed by atoms with Crippen molar-refractivity contribution in [3.05, 3.63) is 24.0 Å². The van der Waals surface area contributed by atoms with E-state index in [9.17, 15) is 9.18 Å². The predicted octanol–water partition coefficient (Wildman–Crippen LogP) is 1.31. The molecule has 0 saturated carbocycles. The molecule has 0 aliphatic carbocycles. The van der Waals surface area contributed by atoms with Gasteiger partial charge in [-0.2, -0.15) is 0 Å². The Hall–Kier alpha value is -1.58. The molecule has 3 nitrogen and oxygen atoms in total. The maximum absolute atomic E-state index is 12.9. The highest BCUT2D eigenvalue weighted by molar-refractivity contribution is 5.72. The van der Waals surface area contributed by atoms with E-state index in [1.165, 1.54) is 25.7 Å². The van der Waals surface area contributed by atoms with Gasteiger partial charge in [0.1, 0.15) is 11.6 Å². The van der Waals surface area contributed by atoms with E-state index in [-0.39, 0.29) is 5.69 Å². The van der Waals surface area contributed by atoms with Crippen molar-refractivity contribution >= 4 is 12.1 Å². The normalized spacial score (nSPS) is 9.17. The van der Waals surface area contributed by atoms with Crippen molar-refractivity contribution in [1.29, 1.82) is 0 Å². The minimum absolute atomic E-state index is 0.0887. The van der Waals surface area contributed by atoms with Crippen LogP contribution < -0.4 is 10.1 Å². The average Bonchev–Trinajstić information content (AvgIpc) is 2.09. The first-order valence-corrected chi connectivity index (χ1v) is 3.24. The summed E-state index contributed by atoms with van der Waals surface area (Å²) in [6.45, 7) is 0. The van der Waals surface area contributed by atoms with Crippen molar-refractivity contribution in [2.75, 3.05) is 12.4 Å². The van der Waals surface area contributed by atoms with Crippen LogP contribution in [0.1, 0.15) is 0 Å². The van der Waals surface area contributed by atoms with Crippen molar-refractivity contribution in [2.45, 2.75) is 0 Å². The van der Waals surface area contributed by atoms with Gasteiger partial charge in [0.15, 0.2) is 0 Å². The van der Waals surface area contributed by atoms with Crippen LogP contribution in [0.2, 0.25) is 0 Å². The lowest BCUT2D eigenvalue weighted by molar-refractivity contribution is 0.411. The number of methoxy groups -OCH3 is 1. The monoisotopic (exact) mass is 168 g/mol. The number of nitrogens with one attached hydrogen (secondary N) is 1. The third-order valence-electron chi connectivity index (χ3n) is 1.36. The lowest BCUT2D eigenvalue weighted by Crippen LogP contribution is -1.96. The molecule has 1 aromatic rings.